The Labute approximate surface area is 118 Å². The van der Waals surface area contributed by atoms with Crippen molar-refractivity contribution in [3.63, 3.8) is 0 Å². The van der Waals surface area contributed by atoms with E-state index in [2.05, 4.69) is 41.8 Å². The molecule has 0 amide bonds. The van der Waals surface area contributed by atoms with E-state index in [-0.39, 0.29) is 6.42 Å². The summed E-state index contributed by atoms with van der Waals surface area (Å²) in [5, 5.41) is 11.1. The Bertz CT molecular complexity index is 571. The van der Waals surface area contributed by atoms with Crippen LogP contribution in [0.4, 0.5) is 0 Å². The first kappa shape index (κ1) is 12.7. The summed E-state index contributed by atoms with van der Waals surface area (Å²) in [6.07, 6.45) is 1.61. The van der Waals surface area contributed by atoms with Crippen molar-refractivity contribution in [3.8, 4) is 10.7 Å². The van der Waals surface area contributed by atoms with Gasteiger partial charge >= 0.3 is 5.97 Å². The van der Waals surface area contributed by atoms with Crippen LogP contribution in [0, 0.1) is 0 Å². The molecule has 0 aromatic carbocycles. The maximum Gasteiger partial charge on any atom is 0.309 e. The highest BCUT2D eigenvalue weighted by Gasteiger charge is 2.11. The highest BCUT2D eigenvalue weighted by Crippen LogP contribution is 2.30. The molecule has 17 heavy (non-hydrogen) atoms. The van der Waals surface area contributed by atoms with Crippen LogP contribution in [0.3, 0.4) is 0 Å². The lowest BCUT2D eigenvalue weighted by molar-refractivity contribution is -0.136. The van der Waals surface area contributed by atoms with E-state index in [0.717, 1.165) is 14.6 Å². The monoisotopic (exact) mass is 376 g/mol. The molecule has 0 aliphatic carbocycles. The molecule has 0 atom stereocenters. The number of halogens is 2. The summed E-state index contributed by atoms with van der Waals surface area (Å²) in [7, 11) is 0. The van der Waals surface area contributed by atoms with Gasteiger partial charge < -0.3 is 5.11 Å². The molecule has 0 aliphatic rings. The van der Waals surface area contributed by atoms with Crippen LogP contribution in [0.5, 0.6) is 0 Å². The van der Waals surface area contributed by atoms with E-state index in [0.29, 0.717) is 10.7 Å². The largest absolute Gasteiger partial charge is 0.481 e. The number of rotatable bonds is 3. The fourth-order valence-corrected chi connectivity index (χ4v) is 3.36. The molecule has 0 radical (unpaired) electrons. The predicted octanol–water partition coefficient (Wildman–Crippen LogP) is 3.36. The first-order valence-electron chi connectivity index (χ1n) is 4.54. The molecular formula is C10H6Br2N2O2S. The lowest BCUT2D eigenvalue weighted by Crippen LogP contribution is -2.00. The second kappa shape index (κ2) is 5.24. The van der Waals surface area contributed by atoms with E-state index in [9.17, 15) is 4.79 Å². The Morgan fingerprint density at radius 1 is 1.47 bits per heavy atom. The lowest BCUT2D eigenvalue weighted by Gasteiger charge is -1.99. The van der Waals surface area contributed by atoms with Crippen LogP contribution in [0.25, 0.3) is 10.7 Å². The molecule has 1 N–H and O–H groups in total. The van der Waals surface area contributed by atoms with Crippen LogP contribution in [0.1, 0.15) is 5.69 Å². The van der Waals surface area contributed by atoms with E-state index in [1.165, 1.54) is 11.3 Å². The number of aromatic nitrogens is 2. The summed E-state index contributed by atoms with van der Waals surface area (Å²) >= 11 is 8.10. The molecule has 0 fully saturated rings. The highest BCUT2D eigenvalue weighted by molar-refractivity contribution is 9.11. The molecule has 0 saturated heterocycles. The third-order valence-corrected chi connectivity index (χ3v) is 3.83. The fourth-order valence-electron chi connectivity index (χ4n) is 1.22. The second-order valence-corrected chi connectivity index (χ2v) is 5.83. The van der Waals surface area contributed by atoms with Crippen molar-refractivity contribution in [3.05, 3.63) is 32.3 Å². The van der Waals surface area contributed by atoms with Gasteiger partial charge in [-0.05, 0) is 37.9 Å². The molecular weight excluding hydrogens is 372 g/mol. The van der Waals surface area contributed by atoms with Gasteiger partial charge in [-0.2, -0.15) is 0 Å². The zero-order valence-corrected chi connectivity index (χ0v) is 12.3. The van der Waals surface area contributed by atoms with Gasteiger partial charge in [-0.15, -0.1) is 11.3 Å². The molecule has 0 saturated carbocycles. The first-order valence-corrected chi connectivity index (χ1v) is 7.00. The molecule has 7 heteroatoms. The summed E-state index contributed by atoms with van der Waals surface area (Å²) in [5.74, 6) is -0.885. The summed E-state index contributed by atoms with van der Waals surface area (Å²) in [4.78, 5) is 19.0. The van der Waals surface area contributed by atoms with Crippen molar-refractivity contribution < 1.29 is 9.90 Å². The quantitative estimate of drug-likeness (QED) is 0.890. The van der Waals surface area contributed by atoms with E-state index in [4.69, 9.17) is 5.11 Å². The molecule has 88 valence electrons. The predicted molar refractivity (Wildman–Crippen MR) is 72.1 cm³/mol. The Morgan fingerprint density at radius 3 is 2.88 bits per heavy atom. The van der Waals surface area contributed by atoms with Crippen molar-refractivity contribution in [2.24, 2.45) is 0 Å². The number of carboxylic acids is 1. The Hall–Kier alpha value is -0.790. The van der Waals surface area contributed by atoms with Gasteiger partial charge in [0.25, 0.3) is 0 Å². The van der Waals surface area contributed by atoms with Gasteiger partial charge in [-0.1, -0.05) is 0 Å². The van der Waals surface area contributed by atoms with Crippen molar-refractivity contribution in [2.75, 3.05) is 0 Å². The molecule has 0 spiro atoms. The maximum absolute atomic E-state index is 10.6. The van der Waals surface area contributed by atoms with Gasteiger partial charge in [-0.25, -0.2) is 4.98 Å². The fraction of sp³-hybridized carbons (Fsp3) is 0.100. The number of carboxylic acid groups (broad SMARTS) is 1. The summed E-state index contributed by atoms with van der Waals surface area (Å²) in [5.41, 5.74) is 1.27. The average Bonchev–Trinajstić information content (AvgIpc) is 2.65. The first-order chi connectivity index (χ1) is 8.06. The van der Waals surface area contributed by atoms with E-state index < -0.39 is 5.97 Å². The molecule has 0 aliphatic heterocycles. The number of hydrogen-bond acceptors (Lipinski definition) is 4. The van der Waals surface area contributed by atoms with Gasteiger partial charge in [0.2, 0.25) is 0 Å². The Morgan fingerprint density at radius 2 is 2.24 bits per heavy atom. The minimum absolute atomic E-state index is 0.0648. The molecule has 0 unspecified atom stereocenters. The smallest absolute Gasteiger partial charge is 0.309 e. The number of pyridine rings is 1. The summed E-state index contributed by atoms with van der Waals surface area (Å²) < 4.78 is 1.69. The van der Waals surface area contributed by atoms with Gasteiger partial charge in [0.05, 0.1) is 12.1 Å². The normalized spacial score (nSPS) is 10.5. The van der Waals surface area contributed by atoms with Crippen LogP contribution in [0.2, 0.25) is 0 Å². The summed E-state index contributed by atoms with van der Waals surface area (Å²) in [6, 6.07) is 1.88. The molecule has 2 aromatic heterocycles. The molecule has 2 aromatic rings. The molecule has 2 heterocycles. The van der Waals surface area contributed by atoms with Crippen LogP contribution < -0.4 is 0 Å². The molecule has 2 rings (SSSR count). The third kappa shape index (κ3) is 3.11. The summed E-state index contributed by atoms with van der Waals surface area (Å²) in [6.45, 7) is 0. The highest BCUT2D eigenvalue weighted by atomic mass is 79.9. The van der Waals surface area contributed by atoms with Crippen molar-refractivity contribution >= 4 is 49.2 Å². The van der Waals surface area contributed by atoms with Crippen LogP contribution >= 0.6 is 43.2 Å². The van der Waals surface area contributed by atoms with Gasteiger partial charge in [-0.3, -0.25) is 9.78 Å². The number of thiazole rings is 1. The van der Waals surface area contributed by atoms with Gasteiger partial charge in [0.15, 0.2) is 0 Å². The van der Waals surface area contributed by atoms with Gasteiger partial charge in [0.1, 0.15) is 10.7 Å². The number of hydrogen-bond donors (Lipinski definition) is 1. The Kier molecular flexibility index (Phi) is 3.90. The molecule has 4 nitrogen and oxygen atoms in total. The third-order valence-electron chi connectivity index (χ3n) is 1.89. The van der Waals surface area contributed by atoms with Crippen molar-refractivity contribution in [1.82, 2.24) is 9.97 Å². The standard InChI is InChI=1S/C10H6Br2N2O2S/c11-5-1-7(12)9(13-3-5)10-14-6(4-17-10)2-8(15)16/h1,3-4H,2H2,(H,15,16). The topological polar surface area (TPSA) is 63.1 Å². The maximum atomic E-state index is 10.6. The number of carbonyl (C=O) groups is 1. The molecule has 0 bridgehead atoms. The van der Waals surface area contributed by atoms with Crippen LogP contribution in [-0.4, -0.2) is 21.0 Å². The SMILES string of the molecule is O=C(O)Cc1csc(-c2ncc(Br)cc2Br)n1. The van der Waals surface area contributed by atoms with E-state index in [1.807, 2.05) is 6.07 Å². The average molecular weight is 378 g/mol. The number of aliphatic carboxylic acids is 1. The van der Waals surface area contributed by atoms with E-state index >= 15 is 0 Å². The van der Waals surface area contributed by atoms with Crippen LogP contribution in [0.15, 0.2) is 26.6 Å². The van der Waals surface area contributed by atoms with Crippen molar-refractivity contribution in [2.45, 2.75) is 6.42 Å². The van der Waals surface area contributed by atoms with Crippen LogP contribution in [-0.2, 0) is 11.2 Å². The lowest BCUT2D eigenvalue weighted by atomic mass is 10.3. The van der Waals surface area contributed by atoms with Crippen molar-refractivity contribution in [1.29, 1.82) is 0 Å². The minimum Gasteiger partial charge on any atom is -0.481 e. The number of nitrogens with zero attached hydrogens (tertiary/aromatic N) is 2. The Balaban J connectivity index is 2.33. The second-order valence-electron chi connectivity index (χ2n) is 3.20. The zero-order valence-electron chi connectivity index (χ0n) is 8.35. The zero-order chi connectivity index (χ0) is 12.4. The van der Waals surface area contributed by atoms with E-state index in [1.54, 1.807) is 11.6 Å². The minimum atomic E-state index is -0.885. The van der Waals surface area contributed by atoms with Gasteiger partial charge in [0, 0.05) is 20.5 Å².